The molecule has 2 unspecified atom stereocenters. The van der Waals surface area contributed by atoms with Gasteiger partial charge in [0.25, 0.3) is 5.91 Å². The van der Waals surface area contributed by atoms with E-state index in [4.69, 9.17) is 11.0 Å². The van der Waals surface area contributed by atoms with Crippen molar-refractivity contribution < 1.29 is 9.59 Å². The summed E-state index contributed by atoms with van der Waals surface area (Å²) in [5.41, 5.74) is 6.31. The highest BCUT2D eigenvalue weighted by molar-refractivity contribution is 5.95. The largest absolute Gasteiger partial charge is 0.369 e. The number of aromatic amines is 1. The minimum atomic E-state index is -0.539. The second-order valence-electron chi connectivity index (χ2n) is 5.80. The number of rotatable bonds is 3. The van der Waals surface area contributed by atoms with Gasteiger partial charge in [-0.3, -0.25) is 14.7 Å². The molecule has 0 saturated carbocycles. The summed E-state index contributed by atoms with van der Waals surface area (Å²) in [5, 5.41) is 15.8. The Morgan fingerprint density at radius 1 is 1.42 bits per heavy atom. The fourth-order valence-corrected chi connectivity index (χ4v) is 2.95. The van der Waals surface area contributed by atoms with Crippen LogP contribution < -0.4 is 5.73 Å². The molecule has 2 heterocycles. The average molecular weight is 324 g/mol. The molecular weight excluding hydrogens is 308 g/mol. The van der Waals surface area contributed by atoms with Crippen LogP contribution in [-0.4, -0.2) is 45.0 Å². The Labute approximate surface area is 138 Å². The predicted molar refractivity (Wildman–Crippen MR) is 83.6 cm³/mol. The fraction of sp³-hybridized carbons (Fsp3) is 0.312. The van der Waals surface area contributed by atoms with Crippen molar-refractivity contribution in [2.45, 2.75) is 12.8 Å². The lowest BCUT2D eigenvalue weighted by Crippen LogP contribution is -2.32. The molecule has 0 radical (unpaired) electrons. The number of carbonyl (C=O) groups excluding carboxylic acids is 2. The Hall–Kier alpha value is -3.21. The van der Waals surface area contributed by atoms with E-state index in [0.717, 1.165) is 0 Å². The van der Waals surface area contributed by atoms with E-state index in [2.05, 4.69) is 15.2 Å². The molecule has 2 aromatic rings. The molecule has 8 nitrogen and oxygen atoms in total. The molecule has 0 aliphatic carbocycles. The zero-order valence-electron chi connectivity index (χ0n) is 13.1. The Bertz CT molecular complexity index is 837. The molecule has 0 bridgehead atoms. The third-order valence-corrected chi connectivity index (χ3v) is 4.16. The number of benzene rings is 1. The summed E-state index contributed by atoms with van der Waals surface area (Å²) in [7, 11) is 0. The lowest BCUT2D eigenvalue weighted by Gasteiger charge is -2.16. The number of likely N-dealkylation sites (tertiary alicyclic amines) is 1. The summed E-state index contributed by atoms with van der Waals surface area (Å²) in [6.45, 7) is 2.28. The SMILES string of the molecule is Cc1nc(C2CN(C(=O)c3cccc(C#N)c3)CC2C(N)=O)n[nH]1. The molecular formula is C16H16N6O2. The van der Waals surface area contributed by atoms with Crippen molar-refractivity contribution in [2.24, 2.45) is 11.7 Å². The van der Waals surface area contributed by atoms with Crippen LogP contribution in [0.15, 0.2) is 24.3 Å². The number of aryl methyl sites for hydroxylation is 1. The van der Waals surface area contributed by atoms with Crippen molar-refractivity contribution in [3.8, 4) is 6.07 Å². The van der Waals surface area contributed by atoms with E-state index < -0.39 is 11.8 Å². The molecule has 2 atom stereocenters. The maximum atomic E-state index is 12.7. The van der Waals surface area contributed by atoms with E-state index in [-0.39, 0.29) is 18.4 Å². The molecule has 1 aliphatic rings. The number of nitrogens with one attached hydrogen (secondary N) is 1. The van der Waals surface area contributed by atoms with Crippen molar-refractivity contribution in [1.82, 2.24) is 20.1 Å². The number of amides is 2. The monoisotopic (exact) mass is 324 g/mol. The Morgan fingerprint density at radius 2 is 2.21 bits per heavy atom. The zero-order valence-corrected chi connectivity index (χ0v) is 13.1. The van der Waals surface area contributed by atoms with Crippen LogP contribution in [0.4, 0.5) is 0 Å². The number of H-pyrrole nitrogens is 1. The van der Waals surface area contributed by atoms with Crippen LogP contribution in [-0.2, 0) is 4.79 Å². The maximum absolute atomic E-state index is 12.7. The first kappa shape index (κ1) is 15.7. The molecule has 1 aromatic carbocycles. The standard InChI is InChI=1S/C16H16N6O2/c1-9-19-15(21-20-9)13-8-22(7-12(13)14(18)23)16(24)11-4-2-3-10(5-11)6-17/h2-5,12-13H,7-8H2,1H3,(H2,18,23)(H,19,20,21). The molecule has 0 spiro atoms. The normalized spacial score (nSPS) is 19.9. The second-order valence-corrected chi connectivity index (χ2v) is 5.80. The van der Waals surface area contributed by atoms with Gasteiger partial charge in [-0.25, -0.2) is 4.98 Å². The summed E-state index contributed by atoms with van der Waals surface area (Å²) in [5.74, 6) is -0.479. The number of carbonyl (C=O) groups is 2. The summed E-state index contributed by atoms with van der Waals surface area (Å²) in [6.07, 6.45) is 0. The van der Waals surface area contributed by atoms with Gasteiger partial charge >= 0.3 is 0 Å². The molecule has 122 valence electrons. The lowest BCUT2D eigenvalue weighted by molar-refractivity contribution is -0.121. The quantitative estimate of drug-likeness (QED) is 0.840. The van der Waals surface area contributed by atoms with Gasteiger partial charge in [0.1, 0.15) is 5.82 Å². The van der Waals surface area contributed by atoms with Gasteiger partial charge < -0.3 is 10.6 Å². The van der Waals surface area contributed by atoms with E-state index in [0.29, 0.717) is 29.3 Å². The first-order valence-electron chi connectivity index (χ1n) is 7.47. The van der Waals surface area contributed by atoms with Crippen molar-refractivity contribution in [2.75, 3.05) is 13.1 Å². The summed E-state index contributed by atoms with van der Waals surface area (Å²) in [4.78, 5) is 30.3. The number of hydrogen-bond acceptors (Lipinski definition) is 5. The minimum absolute atomic E-state index is 0.212. The highest BCUT2D eigenvalue weighted by Gasteiger charge is 2.41. The number of hydrogen-bond donors (Lipinski definition) is 2. The number of primary amides is 1. The fourth-order valence-electron chi connectivity index (χ4n) is 2.95. The molecule has 1 aliphatic heterocycles. The van der Waals surface area contributed by atoms with Crippen LogP contribution in [0.5, 0.6) is 0 Å². The van der Waals surface area contributed by atoms with Crippen LogP contribution >= 0.6 is 0 Å². The van der Waals surface area contributed by atoms with Gasteiger partial charge in [0.15, 0.2) is 5.82 Å². The smallest absolute Gasteiger partial charge is 0.253 e. The summed E-state index contributed by atoms with van der Waals surface area (Å²) in [6, 6.07) is 8.47. The lowest BCUT2D eigenvalue weighted by atomic mass is 9.95. The van der Waals surface area contributed by atoms with Gasteiger partial charge in [0, 0.05) is 18.7 Å². The van der Waals surface area contributed by atoms with Crippen molar-refractivity contribution >= 4 is 11.8 Å². The van der Waals surface area contributed by atoms with Gasteiger partial charge in [0.05, 0.1) is 23.5 Å². The minimum Gasteiger partial charge on any atom is -0.369 e. The van der Waals surface area contributed by atoms with Gasteiger partial charge in [-0.2, -0.15) is 10.4 Å². The first-order valence-corrected chi connectivity index (χ1v) is 7.47. The van der Waals surface area contributed by atoms with Crippen molar-refractivity contribution in [3.63, 3.8) is 0 Å². The Balaban J connectivity index is 1.86. The molecule has 8 heteroatoms. The summed E-state index contributed by atoms with van der Waals surface area (Å²) >= 11 is 0. The first-order chi connectivity index (χ1) is 11.5. The molecule has 1 saturated heterocycles. The number of nitriles is 1. The topological polar surface area (TPSA) is 129 Å². The zero-order chi connectivity index (χ0) is 17.3. The molecule has 3 N–H and O–H groups in total. The Kier molecular flexibility index (Phi) is 4.00. The Morgan fingerprint density at radius 3 is 2.83 bits per heavy atom. The van der Waals surface area contributed by atoms with E-state index in [1.807, 2.05) is 6.07 Å². The van der Waals surface area contributed by atoms with E-state index in [1.54, 1.807) is 30.0 Å². The van der Waals surface area contributed by atoms with Crippen LogP contribution in [0.1, 0.15) is 33.5 Å². The van der Waals surface area contributed by atoms with Crippen molar-refractivity contribution in [1.29, 1.82) is 5.26 Å². The van der Waals surface area contributed by atoms with Crippen LogP contribution in [0.25, 0.3) is 0 Å². The third-order valence-electron chi connectivity index (χ3n) is 4.16. The van der Waals surface area contributed by atoms with Gasteiger partial charge in [-0.15, -0.1) is 0 Å². The number of aromatic nitrogens is 3. The number of nitrogens with two attached hydrogens (primary N) is 1. The summed E-state index contributed by atoms with van der Waals surface area (Å²) < 4.78 is 0. The third kappa shape index (κ3) is 2.84. The van der Waals surface area contributed by atoms with E-state index in [9.17, 15) is 9.59 Å². The van der Waals surface area contributed by atoms with Gasteiger partial charge in [0.2, 0.25) is 5.91 Å². The number of nitrogens with zero attached hydrogens (tertiary/aromatic N) is 4. The molecule has 24 heavy (non-hydrogen) atoms. The molecule has 3 rings (SSSR count). The second kappa shape index (κ2) is 6.12. The molecule has 1 aromatic heterocycles. The van der Waals surface area contributed by atoms with Crippen LogP contribution in [0, 0.1) is 24.2 Å². The molecule has 2 amide bonds. The predicted octanol–water partition coefficient (Wildman–Crippen LogP) is 0.326. The van der Waals surface area contributed by atoms with E-state index >= 15 is 0 Å². The maximum Gasteiger partial charge on any atom is 0.253 e. The average Bonchev–Trinajstić information content (AvgIpc) is 3.20. The van der Waals surface area contributed by atoms with E-state index in [1.165, 1.54) is 6.07 Å². The highest BCUT2D eigenvalue weighted by Crippen LogP contribution is 2.31. The van der Waals surface area contributed by atoms with Crippen LogP contribution in [0.2, 0.25) is 0 Å². The molecule has 1 fully saturated rings. The van der Waals surface area contributed by atoms with Gasteiger partial charge in [-0.05, 0) is 25.1 Å². The highest BCUT2D eigenvalue weighted by atomic mass is 16.2. The van der Waals surface area contributed by atoms with Crippen LogP contribution in [0.3, 0.4) is 0 Å². The van der Waals surface area contributed by atoms with Gasteiger partial charge in [-0.1, -0.05) is 6.07 Å². The van der Waals surface area contributed by atoms with Crippen molar-refractivity contribution in [3.05, 3.63) is 47.0 Å².